The molecule has 1 unspecified atom stereocenters. The zero-order valence-electron chi connectivity index (χ0n) is 13.1. The number of aryl methyl sites for hydroxylation is 1. The van der Waals surface area contributed by atoms with Gasteiger partial charge in [0.15, 0.2) is 0 Å². The molecule has 0 aliphatic carbocycles. The number of carbonyl (C=O) groups is 2. The Bertz CT molecular complexity index is 681. The molecular formula is C17H20N2O3S. The quantitative estimate of drug-likeness (QED) is 0.735. The number of anilines is 1. The fourth-order valence-electron chi connectivity index (χ4n) is 2.06. The van der Waals surface area contributed by atoms with Crippen LogP contribution in [0.15, 0.2) is 41.1 Å². The Morgan fingerprint density at radius 1 is 1.26 bits per heavy atom. The maximum absolute atomic E-state index is 11.9. The minimum atomic E-state index is -1.21. The number of thiophene rings is 1. The first-order chi connectivity index (χ1) is 10.9. The van der Waals surface area contributed by atoms with Crippen LogP contribution in [-0.2, 0) is 21.6 Å². The Balaban J connectivity index is 1.91. The number of hydrogen-bond acceptors (Lipinski definition) is 4. The molecule has 0 bridgehead atoms. The Labute approximate surface area is 139 Å². The van der Waals surface area contributed by atoms with Gasteiger partial charge >= 0.3 is 11.8 Å². The Kier molecular flexibility index (Phi) is 5.52. The van der Waals surface area contributed by atoms with Crippen LogP contribution < -0.4 is 10.6 Å². The van der Waals surface area contributed by atoms with Gasteiger partial charge in [-0.1, -0.05) is 19.1 Å². The molecule has 3 N–H and O–H groups in total. The van der Waals surface area contributed by atoms with Crippen LogP contribution in [0.4, 0.5) is 5.69 Å². The molecule has 1 heterocycles. The van der Waals surface area contributed by atoms with Gasteiger partial charge in [0, 0.05) is 5.69 Å². The van der Waals surface area contributed by atoms with Crippen LogP contribution in [0, 0.1) is 0 Å². The molecule has 0 aliphatic rings. The number of hydrogen-bond donors (Lipinski definition) is 3. The molecule has 23 heavy (non-hydrogen) atoms. The van der Waals surface area contributed by atoms with Crippen molar-refractivity contribution in [2.45, 2.75) is 25.9 Å². The van der Waals surface area contributed by atoms with E-state index in [9.17, 15) is 14.7 Å². The van der Waals surface area contributed by atoms with Crippen LogP contribution in [0.3, 0.4) is 0 Å². The van der Waals surface area contributed by atoms with E-state index in [2.05, 4.69) is 10.6 Å². The van der Waals surface area contributed by atoms with E-state index in [1.807, 2.05) is 35.9 Å². The molecule has 2 rings (SSSR count). The van der Waals surface area contributed by atoms with E-state index in [1.54, 1.807) is 19.1 Å². The molecule has 5 nitrogen and oxygen atoms in total. The monoisotopic (exact) mass is 332 g/mol. The molecule has 2 amide bonds. The normalized spacial score (nSPS) is 13.2. The van der Waals surface area contributed by atoms with E-state index in [1.165, 1.54) is 11.3 Å². The zero-order chi connectivity index (χ0) is 16.9. The number of carbonyl (C=O) groups excluding carboxylic acids is 2. The lowest BCUT2D eigenvalue weighted by Gasteiger charge is -2.22. The summed E-state index contributed by atoms with van der Waals surface area (Å²) in [5, 5.41) is 19.0. The lowest BCUT2D eigenvalue weighted by molar-refractivity contribution is -0.136. The SMILES string of the molecule is CCc1cccc(NC(=O)C(=O)NCC(C)(O)c2ccsc2)c1. The summed E-state index contributed by atoms with van der Waals surface area (Å²) in [6.45, 7) is 3.57. The van der Waals surface area contributed by atoms with Crippen LogP contribution in [0.5, 0.6) is 0 Å². The molecule has 0 radical (unpaired) electrons. The molecule has 2 aromatic rings. The highest BCUT2D eigenvalue weighted by Crippen LogP contribution is 2.22. The summed E-state index contributed by atoms with van der Waals surface area (Å²) in [5.41, 5.74) is 1.15. The molecule has 0 saturated heterocycles. The van der Waals surface area contributed by atoms with Gasteiger partial charge in [0.1, 0.15) is 5.60 Å². The van der Waals surface area contributed by atoms with Crippen molar-refractivity contribution in [3.05, 3.63) is 52.2 Å². The van der Waals surface area contributed by atoms with E-state index < -0.39 is 17.4 Å². The average Bonchev–Trinajstić information content (AvgIpc) is 3.08. The van der Waals surface area contributed by atoms with E-state index in [0.29, 0.717) is 11.3 Å². The molecule has 1 atom stereocenters. The smallest absolute Gasteiger partial charge is 0.313 e. The fraction of sp³-hybridized carbons (Fsp3) is 0.294. The summed E-state index contributed by atoms with van der Waals surface area (Å²) in [6.07, 6.45) is 0.847. The topological polar surface area (TPSA) is 78.4 Å². The van der Waals surface area contributed by atoms with E-state index in [-0.39, 0.29) is 6.54 Å². The van der Waals surface area contributed by atoms with Crippen LogP contribution >= 0.6 is 11.3 Å². The Morgan fingerprint density at radius 2 is 2.04 bits per heavy atom. The second-order valence-corrected chi connectivity index (χ2v) is 6.26. The third-order valence-electron chi connectivity index (χ3n) is 3.54. The highest BCUT2D eigenvalue weighted by Gasteiger charge is 2.25. The summed E-state index contributed by atoms with van der Waals surface area (Å²) in [6, 6.07) is 9.12. The van der Waals surface area contributed by atoms with Crippen molar-refractivity contribution >= 4 is 28.8 Å². The first-order valence-electron chi connectivity index (χ1n) is 7.35. The van der Waals surface area contributed by atoms with Gasteiger partial charge in [-0.2, -0.15) is 11.3 Å². The first kappa shape index (κ1) is 17.2. The predicted octanol–water partition coefficient (Wildman–Crippen LogP) is 2.27. The molecule has 122 valence electrons. The third kappa shape index (κ3) is 4.64. The van der Waals surface area contributed by atoms with Crippen LogP contribution in [0.2, 0.25) is 0 Å². The van der Waals surface area contributed by atoms with Gasteiger partial charge in [0.05, 0.1) is 6.54 Å². The van der Waals surface area contributed by atoms with Gasteiger partial charge in [-0.3, -0.25) is 9.59 Å². The minimum absolute atomic E-state index is 0.0367. The van der Waals surface area contributed by atoms with E-state index in [4.69, 9.17) is 0 Å². The summed E-state index contributed by atoms with van der Waals surface area (Å²) < 4.78 is 0. The van der Waals surface area contributed by atoms with Gasteiger partial charge in [0.2, 0.25) is 0 Å². The van der Waals surface area contributed by atoms with Gasteiger partial charge in [-0.25, -0.2) is 0 Å². The van der Waals surface area contributed by atoms with Crippen molar-refractivity contribution in [3.63, 3.8) is 0 Å². The summed E-state index contributed by atoms with van der Waals surface area (Å²) in [4.78, 5) is 23.8. The molecule has 6 heteroatoms. The van der Waals surface area contributed by atoms with E-state index in [0.717, 1.165) is 12.0 Å². The lowest BCUT2D eigenvalue weighted by Crippen LogP contribution is -2.43. The summed E-state index contributed by atoms with van der Waals surface area (Å²) in [7, 11) is 0. The lowest BCUT2D eigenvalue weighted by atomic mass is 9.99. The zero-order valence-corrected chi connectivity index (χ0v) is 13.9. The standard InChI is InChI=1S/C17H20N2O3S/c1-3-12-5-4-6-14(9-12)19-16(21)15(20)18-11-17(2,22)13-7-8-23-10-13/h4-10,22H,3,11H2,1-2H3,(H,18,20)(H,19,21). The molecule has 1 aromatic heterocycles. The minimum Gasteiger partial charge on any atom is -0.384 e. The maximum atomic E-state index is 11.9. The van der Waals surface area contributed by atoms with Crippen molar-refractivity contribution in [1.82, 2.24) is 5.32 Å². The number of benzene rings is 1. The third-order valence-corrected chi connectivity index (χ3v) is 4.22. The molecule has 0 saturated carbocycles. The van der Waals surface area contributed by atoms with Gasteiger partial charge < -0.3 is 15.7 Å². The predicted molar refractivity (Wildman–Crippen MR) is 91.3 cm³/mol. The average molecular weight is 332 g/mol. The van der Waals surface area contributed by atoms with Crippen LogP contribution in [0.1, 0.15) is 25.0 Å². The van der Waals surface area contributed by atoms with E-state index >= 15 is 0 Å². The number of nitrogens with one attached hydrogen (secondary N) is 2. The molecule has 0 fully saturated rings. The van der Waals surface area contributed by atoms with Gasteiger partial charge in [-0.05, 0) is 53.4 Å². The second kappa shape index (κ2) is 7.39. The number of aliphatic hydroxyl groups is 1. The molecule has 0 spiro atoms. The molecular weight excluding hydrogens is 312 g/mol. The van der Waals surface area contributed by atoms with Gasteiger partial charge in [0.25, 0.3) is 0 Å². The summed E-state index contributed by atoms with van der Waals surface area (Å²) >= 11 is 1.46. The Hall–Kier alpha value is -2.18. The second-order valence-electron chi connectivity index (χ2n) is 5.48. The number of rotatable bonds is 5. The first-order valence-corrected chi connectivity index (χ1v) is 8.30. The fourth-order valence-corrected chi connectivity index (χ4v) is 2.85. The Morgan fingerprint density at radius 3 is 2.70 bits per heavy atom. The maximum Gasteiger partial charge on any atom is 0.313 e. The highest BCUT2D eigenvalue weighted by atomic mass is 32.1. The van der Waals surface area contributed by atoms with Gasteiger partial charge in [-0.15, -0.1) is 0 Å². The largest absolute Gasteiger partial charge is 0.384 e. The van der Waals surface area contributed by atoms with Crippen molar-refractivity contribution < 1.29 is 14.7 Å². The number of amides is 2. The van der Waals surface area contributed by atoms with Crippen molar-refractivity contribution in [3.8, 4) is 0 Å². The van der Waals surface area contributed by atoms with Crippen molar-refractivity contribution in [1.29, 1.82) is 0 Å². The summed E-state index contributed by atoms with van der Waals surface area (Å²) in [5.74, 6) is -1.53. The van der Waals surface area contributed by atoms with Crippen LogP contribution in [-0.4, -0.2) is 23.5 Å². The van der Waals surface area contributed by atoms with Crippen molar-refractivity contribution in [2.24, 2.45) is 0 Å². The molecule has 1 aromatic carbocycles. The van der Waals surface area contributed by atoms with Crippen LogP contribution in [0.25, 0.3) is 0 Å². The molecule has 0 aliphatic heterocycles. The highest BCUT2D eigenvalue weighted by molar-refractivity contribution is 7.08. The van der Waals surface area contributed by atoms with Crippen molar-refractivity contribution in [2.75, 3.05) is 11.9 Å².